The molecule has 0 aliphatic carbocycles. The van der Waals surface area contributed by atoms with E-state index in [0.717, 1.165) is 18.4 Å². The fourth-order valence-corrected chi connectivity index (χ4v) is 3.16. The summed E-state index contributed by atoms with van der Waals surface area (Å²) in [7, 11) is 0. The van der Waals surface area contributed by atoms with Gasteiger partial charge >= 0.3 is 0 Å². The minimum absolute atomic E-state index is 0.245. The fourth-order valence-electron chi connectivity index (χ4n) is 3.16. The van der Waals surface area contributed by atoms with Crippen LogP contribution in [0.25, 0.3) is 0 Å². The Hall–Kier alpha value is -1.67. The van der Waals surface area contributed by atoms with Gasteiger partial charge in [-0.15, -0.1) is 0 Å². The molecule has 0 aromatic heterocycles. The third kappa shape index (κ3) is 3.16. The molecule has 0 saturated carbocycles. The molecule has 0 fully saturated rings. The van der Waals surface area contributed by atoms with Gasteiger partial charge in [0.2, 0.25) is 0 Å². The SMILES string of the molecule is CCC(CC)(c1ccccc1)C(O)Cc1ccccc1F. The number of aliphatic hydroxyl groups excluding tert-OH is 1. The third-order valence-corrected chi connectivity index (χ3v) is 4.62. The molecule has 1 unspecified atom stereocenters. The molecule has 21 heavy (non-hydrogen) atoms. The van der Waals surface area contributed by atoms with Crippen molar-refractivity contribution in [3.63, 3.8) is 0 Å². The predicted octanol–water partition coefficient (Wildman–Crippen LogP) is 4.49. The summed E-state index contributed by atoms with van der Waals surface area (Å²) in [5.41, 5.74) is 1.37. The van der Waals surface area contributed by atoms with Gasteiger partial charge in [0.25, 0.3) is 0 Å². The molecule has 112 valence electrons. The zero-order valence-corrected chi connectivity index (χ0v) is 12.7. The highest BCUT2D eigenvalue weighted by atomic mass is 19.1. The zero-order valence-electron chi connectivity index (χ0n) is 12.7. The molecule has 1 atom stereocenters. The van der Waals surface area contributed by atoms with Crippen molar-refractivity contribution in [2.75, 3.05) is 0 Å². The number of hydrogen-bond acceptors (Lipinski definition) is 1. The molecule has 2 aromatic rings. The van der Waals surface area contributed by atoms with Crippen LogP contribution in [-0.2, 0) is 11.8 Å². The van der Waals surface area contributed by atoms with Crippen LogP contribution in [0.3, 0.4) is 0 Å². The number of hydrogen-bond donors (Lipinski definition) is 1. The first-order valence-electron chi connectivity index (χ1n) is 7.61. The molecule has 1 nitrogen and oxygen atoms in total. The van der Waals surface area contributed by atoms with E-state index in [2.05, 4.69) is 26.0 Å². The van der Waals surface area contributed by atoms with Gasteiger partial charge in [0.15, 0.2) is 0 Å². The van der Waals surface area contributed by atoms with E-state index in [1.807, 2.05) is 24.3 Å². The van der Waals surface area contributed by atoms with E-state index in [4.69, 9.17) is 0 Å². The maximum Gasteiger partial charge on any atom is 0.126 e. The lowest BCUT2D eigenvalue weighted by Gasteiger charge is -2.37. The van der Waals surface area contributed by atoms with E-state index < -0.39 is 6.10 Å². The zero-order chi connectivity index (χ0) is 15.3. The third-order valence-electron chi connectivity index (χ3n) is 4.62. The van der Waals surface area contributed by atoms with Gasteiger partial charge < -0.3 is 5.11 Å². The minimum atomic E-state index is -0.605. The quantitative estimate of drug-likeness (QED) is 0.829. The van der Waals surface area contributed by atoms with Crippen LogP contribution in [0.4, 0.5) is 4.39 Å². The number of benzene rings is 2. The highest BCUT2D eigenvalue weighted by Gasteiger charge is 2.36. The monoisotopic (exact) mass is 286 g/mol. The second kappa shape index (κ2) is 6.86. The van der Waals surface area contributed by atoms with Crippen molar-refractivity contribution in [2.24, 2.45) is 0 Å². The van der Waals surface area contributed by atoms with Crippen LogP contribution in [0.2, 0.25) is 0 Å². The van der Waals surface area contributed by atoms with Crippen molar-refractivity contribution in [3.05, 3.63) is 71.5 Å². The van der Waals surface area contributed by atoms with Crippen LogP contribution in [-0.4, -0.2) is 11.2 Å². The van der Waals surface area contributed by atoms with Gasteiger partial charge in [-0.05, 0) is 30.0 Å². The molecule has 0 saturated heterocycles. The summed E-state index contributed by atoms with van der Waals surface area (Å²) in [5.74, 6) is -0.245. The first kappa shape index (κ1) is 15.7. The molecular weight excluding hydrogens is 263 g/mol. The van der Waals surface area contributed by atoms with Gasteiger partial charge in [-0.1, -0.05) is 62.4 Å². The van der Waals surface area contributed by atoms with Crippen LogP contribution in [0, 0.1) is 5.82 Å². The van der Waals surface area contributed by atoms with E-state index >= 15 is 0 Å². The first-order chi connectivity index (χ1) is 10.1. The summed E-state index contributed by atoms with van der Waals surface area (Å²) >= 11 is 0. The lowest BCUT2D eigenvalue weighted by atomic mass is 9.70. The first-order valence-corrected chi connectivity index (χ1v) is 7.61. The lowest BCUT2D eigenvalue weighted by molar-refractivity contribution is 0.0726. The van der Waals surface area contributed by atoms with Gasteiger partial charge in [0, 0.05) is 11.8 Å². The Morgan fingerprint density at radius 3 is 2.10 bits per heavy atom. The predicted molar refractivity (Wildman–Crippen MR) is 84.8 cm³/mol. The smallest absolute Gasteiger partial charge is 0.126 e. The summed E-state index contributed by atoms with van der Waals surface area (Å²) in [5, 5.41) is 10.8. The Labute approximate surface area is 126 Å². The van der Waals surface area contributed by atoms with Gasteiger partial charge in [-0.25, -0.2) is 4.39 Å². The van der Waals surface area contributed by atoms with Gasteiger partial charge in [0.05, 0.1) is 6.10 Å². The van der Waals surface area contributed by atoms with Crippen molar-refractivity contribution in [3.8, 4) is 0 Å². The molecule has 0 heterocycles. The highest BCUT2D eigenvalue weighted by Crippen LogP contribution is 2.36. The van der Waals surface area contributed by atoms with Crippen LogP contribution in [0.1, 0.15) is 37.8 Å². The molecule has 2 heteroatoms. The number of rotatable bonds is 6. The van der Waals surface area contributed by atoms with E-state index in [9.17, 15) is 9.50 Å². The molecule has 0 aliphatic rings. The number of halogens is 1. The Morgan fingerprint density at radius 1 is 0.952 bits per heavy atom. The second-order valence-corrected chi connectivity index (χ2v) is 5.54. The maximum atomic E-state index is 13.8. The second-order valence-electron chi connectivity index (χ2n) is 5.54. The molecule has 0 amide bonds. The standard InChI is InChI=1S/C19H23FO/c1-3-19(4-2,16-11-6-5-7-12-16)18(21)14-15-10-8-9-13-17(15)20/h5-13,18,21H,3-4,14H2,1-2H3. The van der Waals surface area contributed by atoms with E-state index in [1.54, 1.807) is 12.1 Å². The maximum absolute atomic E-state index is 13.8. The fraction of sp³-hybridized carbons (Fsp3) is 0.368. The molecule has 0 aliphatic heterocycles. The van der Waals surface area contributed by atoms with E-state index in [1.165, 1.54) is 6.07 Å². The van der Waals surface area contributed by atoms with Crippen molar-refractivity contribution in [1.82, 2.24) is 0 Å². The van der Waals surface area contributed by atoms with E-state index in [0.29, 0.717) is 12.0 Å². The summed E-state index contributed by atoms with van der Waals surface area (Å²) in [6, 6.07) is 16.8. The summed E-state index contributed by atoms with van der Waals surface area (Å²) in [6.07, 6.45) is 1.38. The molecule has 0 bridgehead atoms. The average molecular weight is 286 g/mol. The summed E-state index contributed by atoms with van der Waals surface area (Å²) in [4.78, 5) is 0. The molecular formula is C19H23FO. The van der Waals surface area contributed by atoms with Crippen molar-refractivity contribution in [1.29, 1.82) is 0 Å². The summed E-state index contributed by atoms with van der Waals surface area (Å²) < 4.78 is 13.8. The Kier molecular flexibility index (Phi) is 5.13. The van der Waals surface area contributed by atoms with E-state index in [-0.39, 0.29) is 11.2 Å². The molecule has 1 N–H and O–H groups in total. The van der Waals surface area contributed by atoms with Crippen molar-refractivity contribution < 1.29 is 9.50 Å². The molecule has 2 aromatic carbocycles. The molecule has 0 radical (unpaired) electrons. The van der Waals surface area contributed by atoms with Gasteiger partial charge in [-0.3, -0.25) is 0 Å². The average Bonchev–Trinajstić information content (AvgIpc) is 2.52. The van der Waals surface area contributed by atoms with Crippen LogP contribution in [0.5, 0.6) is 0 Å². The topological polar surface area (TPSA) is 20.2 Å². The molecule has 2 rings (SSSR count). The minimum Gasteiger partial charge on any atom is -0.392 e. The largest absolute Gasteiger partial charge is 0.392 e. The van der Waals surface area contributed by atoms with Crippen LogP contribution in [0.15, 0.2) is 54.6 Å². The Balaban J connectivity index is 2.32. The van der Waals surface area contributed by atoms with Crippen molar-refractivity contribution >= 4 is 0 Å². The summed E-state index contributed by atoms with van der Waals surface area (Å²) in [6.45, 7) is 4.17. The van der Waals surface area contributed by atoms with Crippen LogP contribution >= 0.6 is 0 Å². The number of aliphatic hydroxyl groups is 1. The Bertz CT molecular complexity index is 561. The highest BCUT2D eigenvalue weighted by molar-refractivity contribution is 5.29. The Morgan fingerprint density at radius 2 is 1.52 bits per heavy atom. The lowest BCUT2D eigenvalue weighted by Crippen LogP contribution is -2.40. The normalized spacial score (nSPS) is 13.1. The van der Waals surface area contributed by atoms with Gasteiger partial charge in [-0.2, -0.15) is 0 Å². The van der Waals surface area contributed by atoms with Crippen LogP contribution < -0.4 is 0 Å². The van der Waals surface area contributed by atoms with Gasteiger partial charge in [0.1, 0.15) is 5.82 Å². The van der Waals surface area contributed by atoms with Crippen molar-refractivity contribution in [2.45, 2.75) is 44.6 Å². The molecule has 0 spiro atoms.